The molecule has 128 valence electrons. The van der Waals surface area contributed by atoms with Gasteiger partial charge in [-0.2, -0.15) is 0 Å². The van der Waals surface area contributed by atoms with Gasteiger partial charge in [0.25, 0.3) is 0 Å². The third kappa shape index (κ3) is 3.36. The molecule has 0 bridgehead atoms. The van der Waals surface area contributed by atoms with E-state index in [0.717, 1.165) is 31.9 Å². The van der Waals surface area contributed by atoms with Gasteiger partial charge < -0.3 is 10.4 Å². The predicted molar refractivity (Wildman–Crippen MR) is 91.8 cm³/mol. The second-order valence-electron chi connectivity index (χ2n) is 6.92. The van der Waals surface area contributed by atoms with Crippen LogP contribution in [0, 0.1) is 0 Å². The number of imidazole rings is 1. The lowest BCUT2D eigenvalue weighted by atomic mass is 10.1. The predicted octanol–water partition coefficient (Wildman–Crippen LogP) is 1.34. The molecule has 1 unspecified atom stereocenters. The molecule has 2 N–H and O–H groups in total. The quantitative estimate of drug-likeness (QED) is 0.868. The maximum absolute atomic E-state index is 9.78. The van der Waals surface area contributed by atoms with Crippen LogP contribution < -0.4 is 5.32 Å². The first-order chi connectivity index (χ1) is 11.8. The van der Waals surface area contributed by atoms with Crippen molar-refractivity contribution in [1.82, 2.24) is 24.8 Å². The van der Waals surface area contributed by atoms with Crippen molar-refractivity contribution >= 4 is 0 Å². The van der Waals surface area contributed by atoms with Gasteiger partial charge in [-0.25, -0.2) is 9.97 Å². The van der Waals surface area contributed by atoms with Gasteiger partial charge in [0.2, 0.25) is 0 Å². The maximum atomic E-state index is 9.78. The number of aromatic nitrogens is 3. The summed E-state index contributed by atoms with van der Waals surface area (Å²) in [6.45, 7) is 2.71. The van der Waals surface area contributed by atoms with Crippen LogP contribution in [-0.2, 0) is 6.54 Å². The monoisotopic (exact) mass is 327 g/mol. The molecule has 2 aromatic rings. The number of hydrogen-bond donors (Lipinski definition) is 2. The number of rotatable bonds is 5. The summed E-state index contributed by atoms with van der Waals surface area (Å²) in [6.07, 6.45) is 11.9. The second kappa shape index (κ2) is 7.01. The van der Waals surface area contributed by atoms with Crippen molar-refractivity contribution in [3.8, 4) is 5.82 Å². The molecule has 1 aliphatic heterocycles. The first-order valence-electron chi connectivity index (χ1n) is 8.88. The van der Waals surface area contributed by atoms with Gasteiger partial charge in [-0.15, -0.1) is 0 Å². The molecule has 1 aliphatic carbocycles. The smallest absolute Gasteiger partial charge is 0.137 e. The van der Waals surface area contributed by atoms with E-state index in [1.807, 2.05) is 23.0 Å². The highest BCUT2D eigenvalue weighted by molar-refractivity contribution is 5.25. The Balaban J connectivity index is 1.34. The highest BCUT2D eigenvalue weighted by Gasteiger charge is 2.35. The van der Waals surface area contributed by atoms with E-state index in [4.69, 9.17) is 0 Å². The Labute approximate surface area is 142 Å². The zero-order valence-corrected chi connectivity index (χ0v) is 13.9. The van der Waals surface area contributed by atoms with Crippen molar-refractivity contribution in [2.24, 2.45) is 0 Å². The molecule has 2 aliphatic rings. The van der Waals surface area contributed by atoms with Gasteiger partial charge in [0, 0.05) is 50.3 Å². The summed E-state index contributed by atoms with van der Waals surface area (Å²) in [5.74, 6) is 0.890. The molecule has 3 atom stereocenters. The van der Waals surface area contributed by atoms with Gasteiger partial charge >= 0.3 is 0 Å². The summed E-state index contributed by atoms with van der Waals surface area (Å²) in [7, 11) is 0. The summed E-state index contributed by atoms with van der Waals surface area (Å²) in [5.41, 5.74) is 1.20. The van der Waals surface area contributed by atoms with E-state index in [0.29, 0.717) is 12.1 Å². The number of pyridine rings is 1. The van der Waals surface area contributed by atoms with E-state index >= 15 is 0 Å². The van der Waals surface area contributed by atoms with Gasteiger partial charge in [0.1, 0.15) is 12.1 Å². The minimum atomic E-state index is -0.133. The van der Waals surface area contributed by atoms with E-state index in [1.54, 1.807) is 12.5 Å². The summed E-state index contributed by atoms with van der Waals surface area (Å²) in [4.78, 5) is 11.0. The average Bonchev–Trinajstić information content (AvgIpc) is 3.35. The zero-order valence-electron chi connectivity index (χ0n) is 13.9. The van der Waals surface area contributed by atoms with Crippen LogP contribution in [0.15, 0.2) is 37.1 Å². The fourth-order valence-corrected chi connectivity index (χ4v) is 4.00. The summed E-state index contributed by atoms with van der Waals surface area (Å²) < 4.78 is 1.91. The van der Waals surface area contributed by atoms with Crippen LogP contribution in [0.4, 0.5) is 0 Å². The van der Waals surface area contributed by atoms with Crippen LogP contribution in [0.1, 0.15) is 31.2 Å². The molecule has 6 heteroatoms. The lowest BCUT2D eigenvalue weighted by Gasteiger charge is -2.30. The van der Waals surface area contributed by atoms with Crippen molar-refractivity contribution in [2.45, 2.75) is 50.4 Å². The summed E-state index contributed by atoms with van der Waals surface area (Å²) in [6, 6.07) is 5.24. The first kappa shape index (κ1) is 15.7. The minimum Gasteiger partial charge on any atom is -0.392 e. The molecule has 24 heavy (non-hydrogen) atoms. The van der Waals surface area contributed by atoms with Crippen LogP contribution in [-0.4, -0.2) is 55.8 Å². The zero-order chi connectivity index (χ0) is 16.4. The molecular weight excluding hydrogens is 302 g/mol. The van der Waals surface area contributed by atoms with Crippen LogP contribution in [0.3, 0.4) is 0 Å². The Bertz CT molecular complexity index is 642. The van der Waals surface area contributed by atoms with Crippen LogP contribution in [0.2, 0.25) is 0 Å². The fraction of sp³-hybridized carbons (Fsp3) is 0.556. The highest BCUT2D eigenvalue weighted by atomic mass is 16.3. The molecule has 0 radical (unpaired) electrons. The van der Waals surface area contributed by atoms with Crippen LogP contribution in [0.25, 0.3) is 5.82 Å². The number of β-amino-alcohol motifs (C(OH)–C–C–N with tert-alkyl or cyclic N) is 1. The number of nitrogens with zero attached hydrogens (tertiary/aromatic N) is 4. The number of aliphatic hydroxyl groups is 1. The Morgan fingerprint density at radius 2 is 2.21 bits per heavy atom. The molecule has 4 rings (SSSR count). The third-order valence-electron chi connectivity index (χ3n) is 5.29. The van der Waals surface area contributed by atoms with Gasteiger partial charge in [-0.1, -0.05) is 12.5 Å². The van der Waals surface area contributed by atoms with E-state index in [9.17, 15) is 5.11 Å². The number of nitrogens with one attached hydrogen (secondary N) is 1. The minimum absolute atomic E-state index is 0.133. The molecule has 0 aromatic carbocycles. The Morgan fingerprint density at radius 1 is 1.25 bits per heavy atom. The van der Waals surface area contributed by atoms with Crippen molar-refractivity contribution in [2.75, 3.05) is 13.1 Å². The van der Waals surface area contributed by atoms with E-state index < -0.39 is 0 Å². The van der Waals surface area contributed by atoms with E-state index in [1.165, 1.54) is 24.8 Å². The third-order valence-corrected chi connectivity index (χ3v) is 5.29. The van der Waals surface area contributed by atoms with Crippen molar-refractivity contribution in [3.05, 3.63) is 42.6 Å². The largest absolute Gasteiger partial charge is 0.392 e. The number of likely N-dealkylation sites (tertiary alicyclic amines) is 1. The van der Waals surface area contributed by atoms with E-state index in [2.05, 4.69) is 26.3 Å². The normalized spacial score (nSPS) is 27.8. The van der Waals surface area contributed by atoms with Crippen molar-refractivity contribution < 1.29 is 5.11 Å². The Hall–Kier alpha value is -1.76. The second-order valence-corrected chi connectivity index (χ2v) is 6.92. The molecular formula is C18H25N5O. The van der Waals surface area contributed by atoms with Crippen LogP contribution >= 0.6 is 0 Å². The lowest BCUT2D eigenvalue weighted by Crippen LogP contribution is -2.46. The SMILES string of the molecule is OC1CCN([C@H]2CCC[C@H]2NCc2ccc(-n3ccnc3)nc2)C1. The Morgan fingerprint density at radius 3 is 2.92 bits per heavy atom. The van der Waals surface area contributed by atoms with E-state index in [-0.39, 0.29) is 6.10 Å². The molecule has 1 saturated heterocycles. The van der Waals surface area contributed by atoms with Gasteiger partial charge in [0.05, 0.1) is 6.10 Å². The molecule has 1 saturated carbocycles. The number of aliphatic hydroxyl groups excluding tert-OH is 1. The number of hydrogen-bond acceptors (Lipinski definition) is 5. The maximum Gasteiger partial charge on any atom is 0.137 e. The lowest BCUT2D eigenvalue weighted by molar-refractivity contribution is 0.150. The molecule has 6 nitrogen and oxygen atoms in total. The first-order valence-corrected chi connectivity index (χ1v) is 8.88. The molecule has 2 fully saturated rings. The van der Waals surface area contributed by atoms with Gasteiger partial charge in [-0.3, -0.25) is 9.47 Å². The Kier molecular flexibility index (Phi) is 4.60. The topological polar surface area (TPSA) is 66.2 Å². The standard InChI is InChI=1S/C18H25N5O/c24-15-6-8-22(12-15)17-3-1-2-16(17)20-10-14-4-5-18(21-11-14)23-9-7-19-13-23/h4-5,7,9,11,13,15-17,20,24H,1-3,6,8,10,12H2/t15?,16-,17+/m1/s1. The highest BCUT2D eigenvalue weighted by Crippen LogP contribution is 2.27. The molecule has 2 aromatic heterocycles. The fourth-order valence-electron chi connectivity index (χ4n) is 4.00. The van der Waals surface area contributed by atoms with Gasteiger partial charge in [0.15, 0.2) is 0 Å². The molecule has 3 heterocycles. The molecule has 0 amide bonds. The summed E-state index contributed by atoms with van der Waals surface area (Å²) in [5, 5.41) is 13.5. The van der Waals surface area contributed by atoms with Crippen molar-refractivity contribution in [1.29, 1.82) is 0 Å². The average molecular weight is 327 g/mol. The summed E-state index contributed by atoms with van der Waals surface area (Å²) >= 11 is 0. The van der Waals surface area contributed by atoms with Gasteiger partial charge in [-0.05, 0) is 30.9 Å². The van der Waals surface area contributed by atoms with Crippen LogP contribution in [0.5, 0.6) is 0 Å². The molecule has 0 spiro atoms. The van der Waals surface area contributed by atoms with Crippen molar-refractivity contribution in [3.63, 3.8) is 0 Å².